The number of alkyl halides is 1. The second-order valence-electron chi connectivity index (χ2n) is 1.97. The number of halogens is 2. The molecule has 1 rings (SSSR count). The first-order valence-electron chi connectivity index (χ1n) is 2.55. The first kappa shape index (κ1) is 6.96. The van der Waals surface area contributed by atoms with Crippen LogP contribution in [0.5, 0.6) is 0 Å². The van der Waals surface area contributed by atoms with Gasteiger partial charge in [0.15, 0.2) is 0 Å². The van der Waals surface area contributed by atoms with Gasteiger partial charge in [0, 0.05) is 6.42 Å². The molecule has 0 spiro atoms. The molecule has 9 heavy (non-hydrogen) atoms. The van der Waals surface area contributed by atoms with Crippen LogP contribution in [0.1, 0.15) is 6.42 Å². The fraction of sp³-hybridized carbons (Fsp3) is 0.333. The van der Waals surface area contributed by atoms with Crippen molar-refractivity contribution in [2.75, 3.05) is 0 Å². The zero-order valence-electron chi connectivity index (χ0n) is 4.64. The van der Waals surface area contributed by atoms with Gasteiger partial charge in [-0.1, -0.05) is 6.08 Å². The topological polar surface area (TPSA) is 20.2 Å². The van der Waals surface area contributed by atoms with Crippen LogP contribution in [-0.2, 0) is 0 Å². The van der Waals surface area contributed by atoms with Crippen molar-refractivity contribution in [1.82, 2.24) is 0 Å². The third kappa shape index (κ3) is 1.91. The van der Waals surface area contributed by atoms with E-state index in [0.717, 1.165) is 0 Å². The standard InChI is InChI=1S/C6H6BrFO/c7-6(9)3-1-2-5(8)4-6/h1-3,9H,4H2/t6-/m1/s1. The van der Waals surface area contributed by atoms with Crippen LogP contribution in [0.15, 0.2) is 24.1 Å². The summed E-state index contributed by atoms with van der Waals surface area (Å²) in [5.74, 6) is -0.308. The molecule has 1 aliphatic rings. The smallest absolute Gasteiger partial charge is 0.144 e. The van der Waals surface area contributed by atoms with Crippen molar-refractivity contribution < 1.29 is 9.50 Å². The van der Waals surface area contributed by atoms with Crippen LogP contribution in [0.4, 0.5) is 4.39 Å². The molecule has 1 N–H and O–H groups in total. The molecular formula is C6H6BrFO. The monoisotopic (exact) mass is 192 g/mol. The van der Waals surface area contributed by atoms with Gasteiger partial charge in [0.25, 0.3) is 0 Å². The number of hydrogen-bond acceptors (Lipinski definition) is 1. The van der Waals surface area contributed by atoms with E-state index in [-0.39, 0.29) is 12.2 Å². The second kappa shape index (κ2) is 2.23. The van der Waals surface area contributed by atoms with Gasteiger partial charge in [-0.05, 0) is 28.1 Å². The summed E-state index contributed by atoms with van der Waals surface area (Å²) < 4.78 is 11.1. The maximum absolute atomic E-state index is 12.3. The Balaban J connectivity index is 2.73. The van der Waals surface area contributed by atoms with Gasteiger partial charge in [-0.2, -0.15) is 0 Å². The van der Waals surface area contributed by atoms with Gasteiger partial charge in [0.2, 0.25) is 0 Å². The van der Waals surface area contributed by atoms with E-state index in [0.29, 0.717) is 0 Å². The molecule has 0 aromatic rings. The Kier molecular flexibility index (Phi) is 1.73. The molecule has 0 saturated carbocycles. The number of allylic oxidation sites excluding steroid dienone is 2. The molecule has 0 fully saturated rings. The summed E-state index contributed by atoms with van der Waals surface area (Å²) in [6, 6.07) is 0. The molecule has 0 amide bonds. The number of aliphatic hydroxyl groups is 1. The average molecular weight is 193 g/mol. The molecular weight excluding hydrogens is 187 g/mol. The zero-order chi connectivity index (χ0) is 6.91. The molecule has 0 bridgehead atoms. The SMILES string of the molecule is O[C@]1(Br)C=CC=C(F)C1. The Bertz CT molecular complexity index is 172. The van der Waals surface area contributed by atoms with Gasteiger partial charge in [-0.15, -0.1) is 0 Å². The Hall–Kier alpha value is -0.150. The number of rotatable bonds is 0. The summed E-state index contributed by atoms with van der Waals surface area (Å²) in [4.78, 5) is 0. The minimum atomic E-state index is -1.16. The highest BCUT2D eigenvalue weighted by atomic mass is 79.9. The molecule has 50 valence electrons. The molecule has 1 aliphatic carbocycles. The van der Waals surface area contributed by atoms with Crippen molar-refractivity contribution in [2.24, 2.45) is 0 Å². The fourth-order valence-electron chi connectivity index (χ4n) is 0.655. The lowest BCUT2D eigenvalue weighted by molar-refractivity contribution is 0.185. The van der Waals surface area contributed by atoms with Gasteiger partial charge >= 0.3 is 0 Å². The summed E-state index contributed by atoms with van der Waals surface area (Å²) in [7, 11) is 0. The van der Waals surface area contributed by atoms with Crippen molar-refractivity contribution in [3.05, 3.63) is 24.1 Å². The van der Waals surface area contributed by atoms with Gasteiger partial charge in [-0.25, -0.2) is 4.39 Å². The Morgan fingerprint density at radius 3 is 2.78 bits per heavy atom. The van der Waals surface area contributed by atoms with Crippen LogP contribution in [0.25, 0.3) is 0 Å². The van der Waals surface area contributed by atoms with Crippen molar-refractivity contribution in [3.8, 4) is 0 Å². The first-order chi connectivity index (χ1) is 4.10. The molecule has 0 aromatic heterocycles. The van der Waals surface area contributed by atoms with Crippen LogP contribution in [0.3, 0.4) is 0 Å². The van der Waals surface area contributed by atoms with Crippen LogP contribution in [0.2, 0.25) is 0 Å². The molecule has 1 atom stereocenters. The minimum absolute atomic E-state index is 0.0174. The van der Waals surface area contributed by atoms with E-state index < -0.39 is 4.51 Å². The highest BCUT2D eigenvalue weighted by Crippen LogP contribution is 2.28. The molecule has 0 saturated heterocycles. The van der Waals surface area contributed by atoms with E-state index >= 15 is 0 Å². The van der Waals surface area contributed by atoms with Gasteiger partial charge in [-0.3, -0.25) is 0 Å². The highest BCUT2D eigenvalue weighted by Gasteiger charge is 2.22. The van der Waals surface area contributed by atoms with Crippen LogP contribution in [-0.4, -0.2) is 9.62 Å². The Morgan fingerprint density at radius 1 is 1.78 bits per heavy atom. The van der Waals surface area contributed by atoms with E-state index in [1.807, 2.05) is 0 Å². The minimum Gasteiger partial charge on any atom is -0.375 e. The molecule has 3 heteroatoms. The lowest BCUT2D eigenvalue weighted by Crippen LogP contribution is -2.17. The molecule has 0 heterocycles. The van der Waals surface area contributed by atoms with E-state index in [1.54, 1.807) is 0 Å². The third-order valence-corrected chi connectivity index (χ3v) is 1.59. The zero-order valence-corrected chi connectivity index (χ0v) is 6.23. The van der Waals surface area contributed by atoms with Crippen LogP contribution >= 0.6 is 15.9 Å². The summed E-state index contributed by atoms with van der Waals surface area (Å²) >= 11 is 2.92. The Labute approximate surface area is 61.0 Å². The maximum Gasteiger partial charge on any atom is 0.144 e. The second-order valence-corrected chi connectivity index (χ2v) is 3.34. The van der Waals surface area contributed by atoms with Gasteiger partial charge < -0.3 is 5.11 Å². The van der Waals surface area contributed by atoms with Crippen molar-refractivity contribution >= 4 is 15.9 Å². The fourth-order valence-corrected chi connectivity index (χ4v) is 1.08. The Morgan fingerprint density at radius 2 is 2.44 bits per heavy atom. The predicted molar refractivity (Wildman–Crippen MR) is 36.8 cm³/mol. The van der Waals surface area contributed by atoms with Crippen molar-refractivity contribution in [2.45, 2.75) is 10.9 Å². The molecule has 1 nitrogen and oxygen atoms in total. The van der Waals surface area contributed by atoms with Crippen LogP contribution in [0, 0.1) is 0 Å². The maximum atomic E-state index is 12.3. The first-order valence-corrected chi connectivity index (χ1v) is 3.35. The molecule has 0 radical (unpaired) electrons. The lowest BCUT2D eigenvalue weighted by Gasteiger charge is -2.17. The number of hydrogen-bond donors (Lipinski definition) is 1. The average Bonchev–Trinajstić information content (AvgIpc) is 1.60. The van der Waals surface area contributed by atoms with E-state index in [4.69, 9.17) is 5.11 Å². The van der Waals surface area contributed by atoms with E-state index in [1.165, 1.54) is 18.2 Å². The van der Waals surface area contributed by atoms with Gasteiger partial charge in [0.1, 0.15) is 10.3 Å². The van der Waals surface area contributed by atoms with Crippen molar-refractivity contribution in [1.29, 1.82) is 0 Å². The lowest BCUT2D eigenvalue weighted by atomic mass is 10.1. The largest absolute Gasteiger partial charge is 0.375 e. The van der Waals surface area contributed by atoms with Gasteiger partial charge in [0.05, 0.1) is 0 Å². The molecule has 0 unspecified atom stereocenters. The normalized spacial score (nSPS) is 34.3. The summed E-state index contributed by atoms with van der Waals surface area (Å²) in [5.41, 5.74) is 0. The van der Waals surface area contributed by atoms with Crippen LogP contribution < -0.4 is 0 Å². The summed E-state index contributed by atoms with van der Waals surface area (Å²) in [5, 5.41) is 9.09. The third-order valence-electron chi connectivity index (χ3n) is 1.05. The predicted octanol–water partition coefficient (Wildman–Crippen LogP) is 1.88. The molecule has 0 aliphatic heterocycles. The van der Waals surface area contributed by atoms with E-state index in [9.17, 15) is 4.39 Å². The summed E-state index contributed by atoms with van der Waals surface area (Å²) in [6.07, 6.45) is 4.32. The van der Waals surface area contributed by atoms with Crippen molar-refractivity contribution in [3.63, 3.8) is 0 Å². The molecule has 0 aromatic carbocycles. The highest BCUT2D eigenvalue weighted by molar-refractivity contribution is 9.10. The summed E-state index contributed by atoms with van der Waals surface area (Å²) in [6.45, 7) is 0. The quantitative estimate of drug-likeness (QED) is 0.582. The van der Waals surface area contributed by atoms with E-state index in [2.05, 4.69) is 15.9 Å².